The summed E-state index contributed by atoms with van der Waals surface area (Å²) in [6, 6.07) is 15.0. The van der Waals surface area contributed by atoms with E-state index in [0.29, 0.717) is 45.1 Å². The maximum atomic E-state index is 14.2. The number of halogens is 1. The Morgan fingerprint density at radius 3 is 2.31 bits per heavy atom. The van der Waals surface area contributed by atoms with Crippen LogP contribution in [0.3, 0.4) is 0 Å². The van der Waals surface area contributed by atoms with E-state index < -0.39 is 16.8 Å². The molecule has 1 N–H and O–H groups in total. The van der Waals surface area contributed by atoms with Gasteiger partial charge in [-0.1, -0.05) is 51.8 Å². The molecule has 3 saturated carbocycles. The van der Waals surface area contributed by atoms with Crippen LogP contribution in [0.5, 0.6) is 5.75 Å². The molecule has 4 fully saturated rings. The number of amides is 1. The zero-order chi connectivity index (χ0) is 24.4. The molecule has 3 aliphatic carbocycles. The number of fused-ring (bicyclic) bond motifs is 6. The van der Waals surface area contributed by atoms with E-state index in [-0.39, 0.29) is 17.4 Å². The van der Waals surface area contributed by atoms with E-state index in [9.17, 15) is 14.7 Å². The van der Waals surface area contributed by atoms with Crippen LogP contribution in [-0.2, 0) is 21.4 Å². The number of hydrogen-bond donors (Lipinski definition) is 1. The fourth-order valence-corrected chi connectivity index (χ4v) is 7.79. The molecule has 5 aliphatic rings. The molecule has 0 radical (unpaired) electrons. The zero-order valence-corrected chi connectivity index (χ0v) is 21.8. The Morgan fingerprint density at radius 2 is 1.66 bits per heavy atom. The molecule has 2 unspecified atom stereocenters. The second-order valence-corrected chi connectivity index (χ2v) is 12.3. The van der Waals surface area contributed by atoms with Gasteiger partial charge in [-0.05, 0) is 76.0 Å². The third kappa shape index (κ3) is 3.46. The monoisotopic (exact) mass is 537 g/mol. The molecule has 35 heavy (non-hydrogen) atoms. The fraction of sp³-hybridized carbons (Fsp3) is 0.517. The van der Waals surface area contributed by atoms with Gasteiger partial charge in [0.1, 0.15) is 12.4 Å². The molecular formula is C29H32BrNO4. The Morgan fingerprint density at radius 1 is 1.00 bits per heavy atom. The fourth-order valence-electron chi connectivity index (χ4n) is 7.45. The third-order valence-electron chi connectivity index (χ3n) is 9.74. The molecule has 1 saturated heterocycles. The summed E-state index contributed by atoms with van der Waals surface area (Å²) in [5.41, 5.74) is 2.52. The Labute approximate surface area is 215 Å². The van der Waals surface area contributed by atoms with Crippen molar-refractivity contribution in [2.24, 2.45) is 10.8 Å². The van der Waals surface area contributed by atoms with Gasteiger partial charge in [0.05, 0.1) is 11.5 Å². The first-order valence-corrected chi connectivity index (χ1v) is 13.6. The molecule has 2 aromatic rings. The summed E-state index contributed by atoms with van der Waals surface area (Å²) in [5.74, 6) is 0.466. The normalized spacial score (nSPS) is 33.1. The Bertz CT molecular complexity index is 1170. The second-order valence-electron chi connectivity index (χ2n) is 11.4. The molecule has 5 nitrogen and oxygen atoms in total. The van der Waals surface area contributed by atoms with Gasteiger partial charge in [-0.3, -0.25) is 9.59 Å². The lowest BCUT2D eigenvalue weighted by Crippen LogP contribution is -2.58. The maximum Gasteiger partial charge on any atom is 0.309 e. The topological polar surface area (TPSA) is 66.8 Å². The van der Waals surface area contributed by atoms with Crippen LogP contribution in [0, 0.1) is 17.8 Å². The molecule has 2 heterocycles. The molecule has 0 aromatic heterocycles. The molecule has 2 atom stereocenters. The van der Waals surface area contributed by atoms with E-state index in [0.717, 1.165) is 29.6 Å². The molecule has 184 valence electrons. The molecular weight excluding hydrogens is 506 g/mol. The third-order valence-corrected chi connectivity index (χ3v) is 10.2. The first-order chi connectivity index (χ1) is 16.8. The Kier molecular flexibility index (Phi) is 5.33. The number of aliphatic carboxylic acids is 1. The quantitative estimate of drug-likeness (QED) is 0.546. The van der Waals surface area contributed by atoms with Gasteiger partial charge in [-0.2, -0.15) is 0 Å². The van der Waals surface area contributed by atoms with Crippen molar-refractivity contribution >= 4 is 27.8 Å². The standard InChI is InChI=1S/C29H32BrNO4/c1-19-2-4-20(5-3-19)17-29-14-15-31(24(29)18-35-23-16-21(30)6-7-22(23)29)25(32)27-8-11-28(12-9-27,13-10-27)26(33)34/h2-7,16,24H,8-15,17-18H2,1H3,(H,33,34). The van der Waals surface area contributed by atoms with Gasteiger partial charge < -0.3 is 14.7 Å². The van der Waals surface area contributed by atoms with Crippen LogP contribution in [0.1, 0.15) is 61.6 Å². The minimum absolute atomic E-state index is 0.0209. The molecule has 0 spiro atoms. The van der Waals surface area contributed by atoms with Crippen molar-refractivity contribution in [1.82, 2.24) is 4.90 Å². The SMILES string of the molecule is Cc1ccc(CC23CCN(C(=O)C45CCC(C(=O)O)(CC4)CC5)C2COc2cc(Br)ccc23)cc1. The van der Waals surface area contributed by atoms with E-state index in [2.05, 4.69) is 70.2 Å². The van der Waals surface area contributed by atoms with Crippen LogP contribution in [0.2, 0.25) is 0 Å². The van der Waals surface area contributed by atoms with Gasteiger partial charge in [-0.15, -0.1) is 0 Å². The predicted molar refractivity (Wildman–Crippen MR) is 137 cm³/mol. The van der Waals surface area contributed by atoms with E-state index in [1.807, 2.05) is 0 Å². The maximum absolute atomic E-state index is 14.2. The van der Waals surface area contributed by atoms with Gasteiger partial charge in [0.15, 0.2) is 0 Å². The first-order valence-electron chi connectivity index (χ1n) is 12.8. The number of hydrogen-bond acceptors (Lipinski definition) is 3. The zero-order valence-electron chi connectivity index (χ0n) is 20.2. The first kappa shape index (κ1) is 23.1. The lowest BCUT2D eigenvalue weighted by molar-refractivity contribution is -0.168. The Hall–Kier alpha value is -2.34. The molecule has 7 rings (SSSR count). The van der Waals surface area contributed by atoms with Crippen molar-refractivity contribution in [3.05, 3.63) is 63.6 Å². The van der Waals surface area contributed by atoms with Crippen LogP contribution in [-0.4, -0.2) is 41.1 Å². The number of carbonyl (C=O) groups excluding carboxylic acids is 1. The van der Waals surface area contributed by atoms with E-state index in [4.69, 9.17) is 4.74 Å². The van der Waals surface area contributed by atoms with Gasteiger partial charge >= 0.3 is 5.97 Å². The van der Waals surface area contributed by atoms with Crippen LogP contribution in [0.4, 0.5) is 0 Å². The molecule has 6 heteroatoms. The lowest BCUT2D eigenvalue weighted by Gasteiger charge is -2.52. The summed E-state index contributed by atoms with van der Waals surface area (Å²) in [5, 5.41) is 9.79. The van der Waals surface area contributed by atoms with Crippen molar-refractivity contribution in [2.45, 2.75) is 69.7 Å². The minimum Gasteiger partial charge on any atom is -0.491 e. The van der Waals surface area contributed by atoms with Crippen molar-refractivity contribution in [3.8, 4) is 5.75 Å². The van der Waals surface area contributed by atoms with Gasteiger partial charge in [0.25, 0.3) is 0 Å². The molecule has 2 aliphatic heterocycles. The van der Waals surface area contributed by atoms with Gasteiger partial charge in [0, 0.05) is 27.4 Å². The molecule has 2 bridgehead atoms. The van der Waals surface area contributed by atoms with Crippen LogP contribution < -0.4 is 4.74 Å². The molecule has 2 aromatic carbocycles. The number of benzene rings is 2. The van der Waals surface area contributed by atoms with Gasteiger partial charge in [0.2, 0.25) is 5.91 Å². The average Bonchev–Trinajstić information content (AvgIpc) is 3.25. The molecule has 1 amide bonds. The Balaban J connectivity index is 1.35. The van der Waals surface area contributed by atoms with Crippen LogP contribution in [0.25, 0.3) is 0 Å². The summed E-state index contributed by atoms with van der Waals surface area (Å²) in [4.78, 5) is 28.3. The summed E-state index contributed by atoms with van der Waals surface area (Å²) >= 11 is 3.59. The van der Waals surface area contributed by atoms with Crippen LogP contribution in [0.15, 0.2) is 46.9 Å². The number of carboxylic acids is 1. The lowest BCUT2D eigenvalue weighted by atomic mass is 9.53. The highest BCUT2D eigenvalue weighted by Crippen LogP contribution is 2.59. The highest BCUT2D eigenvalue weighted by atomic mass is 79.9. The number of aryl methyl sites for hydroxylation is 1. The summed E-state index contributed by atoms with van der Waals surface area (Å²) in [7, 11) is 0. The number of likely N-dealkylation sites (tertiary alicyclic amines) is 1. The van der Waals surface area contributed by atoms with Crippen molar-refractivity contribution < 1.29 is 19.4 Å². The number of carbonyl (C=O) groups is 2. The summed E-state index contributed by atoms with van der Waals surface area (Å²) < 4.78 is 7.29. The van der Waals surface area contributed by atoms with Crippen molar-refractivity contribution in [3.63, 3.8) is 0 Å². The van der Waals surface area contributed by atoms with Gasteiger partial charge in [-0.25, -0.2) is 0 Å². The second kappa shape index (κ2) is 8.09. The van der Waals surface area contributed by atoms with Crippen molar-refractivity contribution in [1.29, 1.82) is 0 Å². The van der Waals surface area contributed by atoms with E-state index in [1.54, 1.807) is 0 Å². The summed E-state index contributed by atoms with van der Waals surface area (Å²) in [6.45, 7) is 3.32. The smallest absolute Gasteiger partial charge is 0.309 e. The highest BCUT2D eigenvalue weighted by molar-refractivity contribution is 9.10. The van der Waals surface area contributed by atoms with E-state index in [1.165, 1.54) is 16.7 Å². The van der Waals surface area contributed by atoms with E-state index >= 15 is 0 Å². The van der Waals surface area contributed by atoms with Crippen LogP contribution >= 0.6 is 15.9 Å². The number of rotatable bonds is 4. The van der Waals surface area contributed by atoms with Crippen molar-refractivity contribution in [2.75, 3.05) is 13.2 Å². The largest absolute Gasteiger partial charge is 0.491 e. The number of nitrogens with zero attached hydrogens (tertiary/aromatic N) is 1. The highest BCUT2D eigenvalue weighted by Gasteiger charge is 2.60. The predicted octanol–water partition coefficient (Wildman–Crippen LogP) is 5.66. The average molecular weight is 538 g/mol. The number of carboxylic acid groups (broad SMARTS) is 1. The minimum atomic E-state index is -0.681. The summed E-state index contributed by atoms with van der Waals surface area (Å²) in [6.07, 6.45) is 5.71. The number of ether oxygens (including phenoxy) is 1.